The molecule has 0 aliphatic carbocycles. The van der Waals surface area contributed by atoms with Crippen LogP contribution < -0.4 is 16.1 Å². The molecule has 1 aliphatic rings. The van der Waals surface area contributed by atoms with Crippen molar-refractivity contribution in [3.63, 3.8) is 0 Å². The van der Waals surface area contributed by atoms with Gasteiger partial charge in [0.15, 0.2) is 11.2 Å². The SMILES string of the molecule is COCCn1c(N2CCN(Cc3ccc(Br)cc3)CC2)nc2c1c(=O)[nH]c(=O)n2C. The van der Waals surface area contributed by atoms with Crippen molar-refractivity contribution < 1.29 is 4.74 Å². The van der Waals surface area contributed by atoms with Gasteiger partial charge in [0, 0.05) is 57.9 Å². The molecule has 0 spiro atoms. The maximum Gasteiger partial charge on any atom is 0.329 e. The number of hydrogen-bond acceptors (Lipinski definition) is 6. The second kappa shape index (κ2) is 8.75. The van der Waals surface area contributed by atoms with Gasteiger partial charge in [-0.3, -0.25) is 19.2 Å². The zero-order chi connectivity index (χ0) is 21.3. The number of hydrogen-bond donors (Lipinski definition) is 1. The summed E-state index contributed by atoms with van der Waals surface area (Å²) < 4.78 is 9.56. The summed E-state index contributed by atoms with van der Waals surface area (Å²) in [6.45, 7) is 5.19. The van der Waals surface area contributed by atoms with E-state index >= 15 is 0 Å². The molecular formula is C20H25BrN6O3. The molecule has 9 nitrogen and oxygen atoms in total. The van der Waals surface area contributed by atoms with Crippen molar-refractivity contribution in [3.05, 3.63) is 55.1 Å². The summed E-state index contributed by atoms with van der Waals surface area (Å²) in [6, 6.07) is 8.39. The van der Waals surface area contributed by atoms with Gasteiger partial charge in [-0.25, -0.2) is 4.79 Å². The predicted octanol–water partition coefficient (Wildman–Crippen LogP) is 1.15. The minimum Gasteiger partial charge on any atom is -0.383 e. The molecule has 4 rings (SSSR count). The van der Waals surface area contributed by atoms with Gasteiger partial charge in [0.05, 0.1) is 6.61 Å². The molecule has 1 saturated heterocycles. The van der Waals surface area contributed by atoms with Gasteiger partial charge >= 0.3 is 5.69 Å². The highest BCUT2D eigenvalue weighted by Crippen LogP contribution is 2.21. The molecule has 10 heteroatoms. The van der Waals surface area contributed by atoms with Gasteiger partial charge in [0.2, 0.25) is 5.95 Å². The first kappa shape index (κ1) is 20.8. The number of nitrogens with one attached hydrogen (secondary N) is 1. The number of aromatic amines is 1. The number of halogens is 1. The van der Waals surface area contributed by atoms with Crippen LogP contribution >= 0.6 is 15.9 Å². The number of rotatable bonds is 6. The number of methoxy groups -OCH3 is 1. The van der Waals surface area contributed by atoms with Gasteiger partial charge < -0.3 is 14.2 Å². The van der Waals surface area contributed by atoms with Crippen LogP contribution in [0.25, 0.3) is 11.2 Å². The summed E-state index contributed by atoms with van der Waals surface area (Å²) in [6.07, 6.45) is 0. The largest absolute Gasteiger partial charge is 0.383 e. The standard InChI is InChI=1S/C20H25BrN6O3/c1-24-17-16(18(28)23-20(24)29)27(11-12-30-2)19(22-17)26-9-7-25(8-10-26)13-14-3-5-15(21)6-4-14/h3-6H,7-13H2,1-2H3,(H,23,28,29). The summed E-state index contributed by atoms with van der Waals surface area (Å²) >= 11 is 3.47. The van der Waals surface area contributed by atoms with Crippen LogP contribution in [0.5, 0.6) is 0 Å². The molecule has 30 heavy (non-hydrogen) atoms. The molecule has 3 heterocycles. The number of H-pyrrole nitrogens is 1. The Labute approximate surface area is 182 Å². The van der Waals surface area contributed by atoms with Crippen LogP contribution in [0, 0.1) is 0 Å². The lowest BCUT2D eigenvalue weighted by molar-refractivity contribution is 0.188. The molecule has 0 saturated carbocycles. The van der Waals surface area contributed by atoms with Crippen LogP contribution in [0.1, 0.15) is 5.56 Å². The van der Waals surface area contributed by atoms with Crippen LogP contribution in [0.4, 0.5) is 5.95 Å². The molecular weight excluding hydrogens is 452 g/mol. The summed E-state index contributed by atoms with van der Waals surface area (Å²) in [7, 11) is 3.24. The summed E-state index contributed by atoms with van der Waals surface area (Å²) in [5, 5.41) is 0. The number of nitrogens with zero attached hydrogens (tertiary/aromatic N) is 5. The van der Waals surface area contributed by atoms with E-state index in [1.54, 1.807) is 14.2 Å². The fraction of sp³-hybridized carbons (Fsp3) is 0.450. The monoisotopic (exact) mass is 476 g/mol. The molecule has 0 unspecified atom stereocenters. The lowest BCUT2D eigenvalue weighted by Crippen LogP contribution is -2.47. The Morgan fingerprint density at radius 2 is 1.83 bits per heavy atom. The third-order valence-corrected chi connectivity index (χ3v) is 6.01. The minimum atomic E-state index is -0.463. The van der Waals surface area contributed by atoms with Gasteiger partial charge in [0.1, 0.15) is 0 Å². The van der Waals surface area contributed by atoms with Crippen molar-refractivity contribution in [3.8, 4) is 0 Å². The lowest BCUT2D eigenvalue weighted by Gasteiger charge is -2.35. The Bertz CT molecular complexity index is 1140. The second-order valence-corrected chi connectivity index (χ2v) is 8.35. The van der Waals surface area contributed by atoms with Gasteiger partial charge in [0.25, 0.3) is 5.56 Å². The predicted molar refractivity (Wildman–Crippen MR) is 119 cm³/mol. The molecule has 1 N–H and O–H groups in total. The van der Waals surface area contributed by atoms with Crippen molar-refractivity contribution in [2.45, 2.75) is 13.1 Å². The van der Waals surface area contributed by atoms with Gasteiger partial charge in [-0.2, -0.15) is 4.98 Å². The lowest BCUT2D eigenvalue weighted by atomic mass is 10.2. The molecule has 160 valence electrons. The van der Waals surface area contributed by atoms with E-state index in [1.165, 1.54) is 10.1 Å². The second-order valence-electron chi connectivity index (χ2n) is 7.44. The maximum absolute atomic E-state index is 12.5. The van der Waals surface area contributed by atoms with E-state index in [-0.39, 0.29) is 0 Å². The Hall–Kier alpha value is -2.43. The van der Waals surface area contributed by atoms with Crippen LogP contribution in [0.2, 0.25) is 0 Å². The Morgan fingerprint density at radius 3 is 2.50 bits per heavy atom. The number of piperazine rings is 1. The third kappa shape index (κ3) is 4.07. The molecule has 3 aromatic rings. The summed E-state index contributed by atoms with van der Waals surface area (Å²) in [5.74, 6) is 0.706. The van der Waals surface area contributed by atoms with Crippen LogP contribution in [0.15, 0.2) is 38.3 Å². The number of aryl methyl sites for hydroxylation is 1. The van der Waals surface area contributed by atoms with Crippen molar-refractivity contribution in [2.75, 3.05) is 44.8 Å². The van der Waals surface area contributed by atoms with Crippen molar-refractivity contribution in [2.24, 2.45) is 7.05 Å². The molecule has 1 aromatic carbocycles. The number of imidazole rings is 1. The first-order chi connectivity index (χ1) is 14.5. The molecule has 0 bridgehead atoms. The van der Waals surface area contributed by atoms with Crippen LogP contribution in [0.3, 0.4) is 0 Å². The zero-order valence-corrected chi connectivity index (χ0v) is 18.7. The van der Waals surface area contributed by atoms with Crippen LogP contribution in [-0.2, 0) is 24.9 Å². The molecule has 1 fully saturated rings. The number of anilines is 1. The molecule has 1 aliphatic heterocycles. The number of fused-ring (bicyclic) bond motifs is 1. The van der Waals surface area contributed by atoms with E-state index in [1.807, 2.05) is 4.57 Å². The third-order valence-electron chi connectivity index (χ3n) is 5.48. The number of ether oxygens (including phenoxy) is 1. The average molecular weight is 477 g/mol. The highest BCUT2D eigenvalue weighted by atomic mass is 79.9. The van der Waals surface area contributed by atoms with Crippen molar-refractivity contribution in [1.29, 1.82) is 0 Å². The highest BCUT2D eigenvalue weighted by molar-refractivity contribution is 9.10. The summed E-state index contributed by atoms with van der Waals surface area (Å²) in [5.41, 5.74) is 1.20. The van der Waals surface area contributed by atoms with Gasteiger partial charge in [-0.1, -0.05) is 28.1 Å². The van der Waals surface area contributed by atoms with E-state index in [2.05, 4.69) is 60.0 Å². The average Bonchev–Trinajstić information content (AvgIpc) is 3.13. The van der Waals surface area contributed by atoms with E-state index in [0.717, 1.165) is 37.2 Å². The molecule has 2 aromatic heterocycles. The first-order valence-corrected chi connectivity index (χ1v) is 10.7. The van der Waals surface area contributed by atoms with E-state index in [4.69, 9.17) is 4.74 Å². The Kier molecular flexibility index (Phi) is 6.07. The van der Waals surface area contributed by atoms with Gasteiger partial charge in [-0.15, -0.1) is 0 Å². The fourth-order valence-corrected chi connectivity index (χ4v) is 4.08. The smallest absolute Gasteiger partial charge is 0.329 e. The topological polar surface area (TPSA) is 88.4 Å². The number of benzene rings is 1. The molecule has 0 radical (unpaired) electrons. The van der Waals surface area contributed by atoms with E-state index < -0.39 is 11.2 Å². The maximum atomic E-state index is 12.5. The first-order valence-electron chi connectivity index (χ1n) is 9.88. The fourth-order valence-electron chi connectivity index (χ4n) is 3.81. The van der Waals surface area contributed by atoms with E-state index in [9.17, 15) is 9.59 Å². The highest BCUT2D eigenvalue weighted by Gasteiger charge is 2.24. The zero-order valence-electron chi connectivity index (χ0n) is 17.1. The van der Waals surface area contributed by atoms with E-state index in [0.29, 0.717) is 30.3 Å². The van der Waals surface area contributed by atoms with Crippen molar-refractivity contribution in [1.82, 2.24) is 24.0 Å². The van der Waals surface area contributed by atoms with Gasteiger partial charge in [-0.05, 0) is 17.7 Å². The molecule has 0 atom stereocenters. The quantitative estimate of drug-likeness (QED) is 0.574. The Balaban J connectivity index is 1.58. The van der Waals surface area contributed by atoms with Crippen LogP contribution in [-0.4, -0.2) is 63.9 Å². The van der Waals surface area contributed by atoms with Crippen molar-refractivity contribution >= 4 is 33.0 Å². The Morgan fingerprint density at radius 1 is 1.13 bits per heavy atom. The summed E-state index contributed by atoms with van der Waals surface area (Å²) in [4.78, 5) is 36.2. The molecule has 0 amide bonds. The minimum absolute atomic E-state index is 0.396. The number of aromatic nitrogens is 4. The normalized spacial score (nSPS) is 15.2.